The van der Waals surface area contributed by atoms with E-state index in [1.54, 1.807) is 6.07 Å². The Balaban J connectivity index is 1.54. The van der Waals surface area contributed by atoms with E-state index in [0.29, 0.717) is 56.9 Å². The molecular formula is C32H45N3O10S. The number of amides is 2. The largest absolute Gasteiger partial charge is 0.454 e. The van der Waals surface area contributed by atoms with Crippen LogP contribution in [0.3, 0.4) is 0 Å². The van der Waals surface area contributed by atoms with Crippen LogP contribution in [-0.2, 0) is 30.7 Å². The normalized spacial score (nSPS) is 17.4. The molecule has 0 saturated carbocycles. The zero-order chi connectivity index (χ0) is 33.2. The van der Waals surface area contributed by atoms with Crippen LogP contribution in [0.1, 0.15) is 45.1 Å². The summed E-state index contributed by atoms with van der Waals surface area (Å²) in [6, 6.07) is 12.9. The first kappa shape index (κ1) is 35.3. The van der Waals surface area contributed by atoms with Gasteiger partial charge in [-0.2, -0.15) is 4.31 Å². The molecule has 2 aromatic carbocycles. The van der Waals surface area contributed by atoms with Crippen LogP contribution in [0.15, 0.2) is 53.4 Å². The maximum Gasteiger partial charge on any atom is 0.407 e. The molecule has 14 heteroatoms. The number of aliphatic hydroxyl groups is 1. The maximum absolute atomic E-state index is 14.2. The summed E-state index contributed by atoms with van der Waals surface area (Å²) in [5.41, 5.74) is 0.333. The first-order valence-corrected chi connectivity index (χ1v) is 16.9. The molecule has 3 atom stereocenters. The molecule has 46 heavy (non-hydrogen) atoms. The topological polar surface area (TPSA) is 162 Å². The third-order valence-electron chi connectivity index (χ3n) is 7.94. The lowest BCUT2D eigenvalue weighted by molar-refractivity contribution is 0.0623. The first-order valence-electron chi connectivity index (χ1n) is 15.5. The van der Waals surface area contributed by atoms with E-state index >= 15 is 0 Å². The highest BCUT2D eigenvalue weighted by Gasteiger charge is 2.36. The minimum atomic E-state index is -4.15. The van der Waals surface area contributed by atoms with Gasteiger partial charge in [0.1, 0.15) is 6.10 Å². The summed E-state index contributed by atoms with van der Waals surface area (Å²) in [7, 11) is -2.85. The van der Waals surface area contributed by atoms with Gasteiger partial charge in [0.25, 0.3) is 0 Å². The van der Waals surface area contributed by atoms with Crippen LogP contribution in [0, 0.1) is 5.41 Å². The Morgan fingerprint density at radius 2 is 1.85 bits per heavy atom. The summed E-state index contributed by atoms with van der Waals surface area (Å²) in [4.78, 5) is 24.3. The monoisotopic (exact) mass is 663 g/mol. The predicted molar refractivity (Wildman–Crippen MR) is 168 cm³/mol. The van der Waals surface area contributed by atoms with Crippen LogP contribution in [0.5, 0.6) is 11.5 Å². The summed E-state index contributed by atoms with van der Waals surface area (Å²) in [5.74, 6) is 0.769. The Morgan fingerprint density at radius 1 is 1.09 bits per heavy atom. The van der Waals surface area contributed by atoms with Crippen molar-refractivity contribution in [1.82, 2.24) is 14.9 Å². The molecule has 13 nitrogen and oxygen atoms in total. The maximum atomic E-state index is 14.2. The number of sulfonamides is 1. The summed E-state index contributed by atoms with van der Waals surface area (Å²) in [6.07, 6.45) is -0.0470. The number of nitrogens with zero attached hydrogens (tertiary/aromatic N) is 1. The van der Waals surface area contributed by atoms with Gasteiger partial charge in [0, 0.05) is 32.1 Å². The second-order valence-electron chi connectivity index (χ2n) is 12.3. The number of rotatable bonds is 16. The quantitative estimate of drug-likeness (QED) is 0.227. The Kier molecular flexibility index (Phi) is 12.5. The number of alkyl carbamates (subject to hydrolysis) is 2. The fraction of sp³-hybridized carbons (Fsp3) is 0.562. The Labute approximate surface area is 270 Å². The van der Waals surface area contributed by atoms with Crippen molar-refractivity contribution < 1.29 is 46.8 Å². The predicted octanol–water partition coefficient (Wildman–Crippen LogP) is 3.45. The molecule has 2 heterocycles. The van der Waals surface area contributed by atoms with Gasteiger partial charge in [-0.15, -0.1) is 0 Å². The fourth-order valence-corrected chi connectivity index (χ4v) is 7.07. The molecule has 4 rings (SSSR count). The Bertz CT molecular complexity index is 1400. The second-order valence-corrected chi connectivity index (χ2v) is 14.2. The number of aliphatic hydroxyl groups excluding tert-OH is 1. The van der Waals surface area contributed by atoms with Gasteiger partial charge >= 0.3 is 12.2 Å². The zero-order valence-electron chi connectivity index (χ0n) is 26.6. The van der Waals surface area contributed by atoms with Gasteiger partial charge in [0.15, 0.2) is 11.5 Å². The van der Waals surface area contributed by atoms with Crippen molar-refractivity contribution in [2.75, 3.05) is 46.8 Å². The van der Waals surface area contributed by atoms with Crippen molar-refractivity contribution in [3.63, 3.8) is 0 Å². The van der Waals surface area contributed by atoms with Gasteiger partial charge in [-0.05, 0) is 42.4 Å². The lowest BCUT2D eigenvalue weighted by Crippen LogP contribution is -2.52. The molecule has 2 aliphatic rings. The van der Waals surface area contributed by atoms with Crippen LogP contribution >= 0.6 is 0 Å². The second kappa shape index (κ2) is 16.3. The average molecular weight is 664 g/mol. The molecule has 0 aromatic heterocycles. The number of ether oxygens (including phenoxy) is 5. The number of nitrogens with one attached hydrogen (secondary N) is 2. The number of methoxy groups -OCH3 is 1. The summed E-state index contributed by atoms with van der Waals surface area (Å²) in [6.45, 7) is 4.91. The smallest absolute Gasteiger partial charge is 0.407 e. The Hall–Kier alpha value is -3.59. The molecule has 3 N–H and O–H groups in total. The number of hydrogen-bond acceptors (Lipinski definition) is 10. The third-order valence-corrected chi connectivity index (χ3v) is 9.75. The van der Waals surface area contributed by atoms with Gasteiger partial charge < -0.3 is 39.4 Å². The highest BCUT2D eigenvalue weighted by molar-refractivity contribution is 7.89. The van der Waals surface area contributed by atoms with E-state index in [1.165, 1.54) is 23.5 Å². The van der Waals surface area contributed by atoms with Gasteiger partial charge in [-0.25, -0.2) is 18.0 Å². The molecule has 2 aromatic rings. The van der Waals surface area contributed by atoms with Crippen LogP contribution in [0.4, 0.5) is 9.59 Å². The minimum Gasteiger partial charge on any atom is -0.454 e. The average Bonchev–Trinajstić information content (AvgIpc) is 3.72. The lowest BCUT2D eigenvalue weighted by atomic mass is 9.87. The molecular weight excluding hydrogens is 618 g/mol. The van der Waals surface area contributed by atoms with E-state index in [1.807, 2.05) is 44.2 Å². The number of benzene rings is 2. The van der Waals surface area contributed by atoms with Crippen molar-refractivity contribution in [2.24, 2.45) is 5.41 Å². The van der Waals surface area contributed by atoms with Gasteiger partial charge in [-0.3, -0.25) is 0 Å². The molecule has 2 aliphatic heterocycles. The molecule has 1 fully saturated rings. The number of carbonyl (C=O) groups excluding carboxylic acids is 2. The van der Waals surface area contributed by atoms with E-state index < -0.39 is 39.8 Å². The number of hydrogen-bond donors (Lipinski definition) is 3. The highest BCUT2D eigenvalue weighted by Crippen LogP contribution is 2.36. The Morgan fingerprint density at radius 3 is 2.57 bits per heavy atom. The fourth-order valence-electron chi connectivity index (χ4n) is 5.41. The summed E-state index contributed by atoms with van der Waals surface area (Å²) >= 11 is 0. The highest BCUT2D eigenvalue weighted by atomic mass is 32.2. The minimum absolute atomic E-state index is 0.00441. The van der Waals surface area contributed by atoms with Crippen LogP contribution in [0.2, 0.25) is 0 Å². The van der Waals surface area contributed by atoms with Crippen molar-refractivity contribution in [2.45, 2.75) is 69.1 Å². The first-order chi connectivity index (χ1) is 22.0. The molecule has 0 radical (unpaired) electrons. The van der Waals surface area contributed by atoms with E-state index in [4.69, 9.17) is 18.9 Å². The van der Waals surface area contributed by atoms with Crippen molar-refractivity contribution in [3.05, 3.63) is 54.1 Å². The van der Waals surface area contributed by atoms with Gasteiger partial charge in [0.05, 0.1) is 37.4 Å². The molecule has 254 valence electrons. The molecule has 2 amide bonds. The summed E-state index contributed by atoms with van der Waals surface area (Å²) < 4.78 is 55.9. The van der Waals surface area contributed by atoms with Crippen molar-refractivity contribution in [3.8, 4) is 11.5 Å². The zero-order valence-corrected chi connectivity index (χ0v) is 27.4. The molecule has 1 saturated heterocycles. The molecule has 0 spiro atoms. The van der Waals surface area contributed by atoms with Crippen molar-refractivity contribution in [1.29, 1.82) is 0 Å². The number of carbonyl (C=O) groups is 2. The lowest BCUT2D eigenvalue weighted by Gasteiger charge is -2.35. The van der Waals surface area contributed by atoms with Crippen LogP contribution < -0.4 is 20.1 Å². The van der Waals surface area contributed by atoms with E-state index in [2.05, 4.69) is 15.4 Å². The molecule has 0 aliphatic carbocycles. The van der Waals surface area contributed by atoms with Gasteiger partial charge in [-0.1, -0.05) is 50.6 Å². The molecule has 0 bridgehead atoms. The van der Waals surface area contributed by atoms with E-state index in [0.717, 1.165) is 5.56 Å². The standard InChI is InChI=1S/C32H45N3O10S/c1-32(2,14-7-8-15-33-30(37)41-3)21-35(46(39,40)25-11-12-28-29(18-25)44-22-43-28)19-27(36)26(17-23-9-5-4-6-10-23)34-31(38)45-24-13-16-42-20-24/h4-6,9-12,18,24,26-27,36H,7-8,13-17,19-22H2,1-3H3,(H,33,37)(H,34,38)/t24-,26-,27+/m0/s1. The van der Waals surface area contributed by atoms with Crippen LogP contribution in [-0.4, -0.2) is 95.0 Å². The SMILES string of the molecule is COC(=O)NCCCCC(C)(C)CN(C[C@@H](O)[C@H](Cc1ccccc1)NC(=O)O[C@H]1CCOC1)S(=O)(=O)c1ccc2c(c1)OCO2. The number of fused-ring (bicyclic) bond motifs is 1. The third kappa shape index (κ3) is 10.2. The van der Waals surface area contributed by atoms with Crippen molar-refractivity contribution >= 4 is 22.2 Å². The van der Waals surface area contributed by atoms with Gasteiger partial charge in [0.2, 0.25) is 16.8 Å². The van der Waals surface area contributed by atoms with E-state index in [-0.39, 0.29) is 37.3 Å². The molecule has 0 unspecified atom stereocenters. The van der Waals surface area contributed by atoms with Crippen LogP contribution in [0.25, 0.3) is 0 Å². The van der Waals surface area contributed by atoms with E-state index in [9.17, 15) is 23.1 Å². The summed E-state index contributed by atoms with van der Waals surface area (Å²) in [5, 5.41) is 17.1. The number of unbranched alkanes of at least 4 members (excludes halogenated alkanes) is 1.